The summed E-state index contributed by atoms with van der Waals surface area (Å²) >= 11 is 0. The second kappa shape index (κ2) is 11.1. The number of likely N-dealkylation sites (tertiary alicyclic amines) is 1. The van der Waals surface area contributed by atoms with Crippen molar-refractivity contribution in [3.05, 3.63) is 29.3 Å². The molecule has 0 radical (unpaired) electrons. The minimum Gasteiger partial charge on any atom is -0.360 e. The van der Waals surface area contributed by atoms with E-state index in [0.29, 0.717) is 44.0 Å². The molecule has 32 heavy (non-hydrogen) atoms. The Morgan fingerprint density at radius 2 is 1.97 bits per heavy atom. The number of hydrogen-bond donors (Lipinski definition) is 2. The number of nitrogens with zero attached hydrogens (tertiary/aromatic N) is 3. The van der Waals surface area contributed by atoms with Crippen molar-refractivity contribution in [2.24, 2.45) is 10.9 Å². The van der Waals surface area contributed by atoms with Crippen LogP contribution in [0.15, 0.2) is 27.4 Å². The zero-order valence-corrected chi connectivity index (χ0v) is 19.1. The van der Waals surface area contributed by atoms with Gasteiger partial charge >= 0.3 is 0 Å². The lowest BCUT2D eigenvalue weighted by Crippen LogP contribution is -2.53. The Balaban J connectivity index is 1.73. The highest BCUT2D eigenvalue weighted by molar-refractivity contribution is 5.98. The van der Waals surface area contributed by atoms with Crippen molar-refractivity contribution in [3.8, 4) is 0 Å². The van der Waals surface area contributed by atoms with Crippen LogP contribution in [-0.4, -0.2) is 60.2 Å². The Morgan fingerprint density at radius 3 is 2.56 bits per heavy atom. The first-order valence-corrected chi connectivity index (χ1v) is 11.4. The number of hydrogen-bond acceptors (Lipinski definition) is 6. The fraction of sp³-hybridized carbons (Fsp3) is 0.609. The van der Waals surface area contributed by atoms with Gasteiger partial charge in [0.05, 0.1) is 5.70 Å². The molecule has 2 fully saturated rings. The summed E-state index contributed by atoms with van der Waals surface area (Å²) in [4.78, 5) is 43.9. The molecule has 1 aromatic rings. The molecule has 174 valence electrons. The minimum atomic E-state index is -0.757. The quantitative estimate of drug-likeness (QED) is 0.569. The van der Waals surface area contributed by atoms with Gasteiger partial charge in [0, 0.05) is 44.8 Å². The van der Waals surface area contributed by atoms with Gasteiger partial charge in [-0.1, -0.05) is 25.1 Å². The number of amides is 3. The van der Waals surface area contributed by atoms with E-state index in [1.807, 2.05) is 24.8 Å². The van der Waals surface area contributed by atoms with E-state index in [0.717, 1.165) is 25.0 Å². The van der Waals surface area contributed by atoms with Crippen LogP contribution in [0.25, 0.3) is 0 Å². The lowest BCUT2D eigenvalue weighted by Gasteiger charge is -2.35. The highest BCUT2D eigenvalue weighted by atomic mass is 16.5. The van der Waals surface area contributed by atoms with E-state index in [4.69, 9.17) is 4.52 Å². The Hall–Kier alpha value is -2.97. The molecule has 9 nitrogen and oxygen atoms in total. The van der Waals surface area contributed by atoms with E-state index in [1.165, 1.54) is 0 Å². The van der Waals surface area contributed by atoms with Gasteiger partial charge < -0.3 is 20.1 Å². The molecule has 3 amide bonds. The predicted molar refractivity (Wildman–Crippen MR) is 120 cm³/mol. The van der Waals surface area contributed by atoms with Crippen molar-refractivity contribution < 1.29 is 18.9 Å². The van der Waals surface area contributed by atoms with Crippen LogP contribution in [0, 0.1) is 5.92 Å². The molecule has 2 N–H and O–H groups in total. The largest absolute Gasteiger partial charge is 0.360 e. The van der Waals surface area contributed by atoms with Crippen molar-refractivity contribution >= 4 is 23.9 Å². The van der Waals surface area contributed by atoms with E-state index >= 15 is 0 Å². The Labute approximate surface area is 188 Å². The molecule has 2 aliphatic rings. The lowest BCUT2D eigenvalue weighted by atomic mass is 9.88. The zero-order chi connectivity index (χ0) is 23.1. The average molecular weight is 444 g/mol. The van der Waals surface area contributed by atoms with E-state index in [9.17, 15) is 14.4 Å². The van der Waals surface area contributed by atoms with Gasteiger partial charge in [0.15, 0.2) is 5.69 Å². The average Bonchev–Trinajstić information content (AvgIpc) is 3.53. The molecule has 1 saturated heterocycles. The summed E-state index contributed by atoms with van der Waals surface area (Å²) in [5.41, 5.74) is 0.776. The normalized spacial score (nSPS) is 18.6. The van der Waals surface area contributed by atoms with Crippen LogP contribution in [0.2, 0.25) is 0 Å². The minimum absolute atomic E-state index is 0.101. The number of aliphatic imine (C=N–C) groups is 1. The van der Waals surface area contributed by atoms with Gasteiger partial charge in [-0.15, -0.1) is 0 Å². The van der Waals surface area contributed by atoms with Crippen LogP contribution in [0.3, 0.4) is 0 Å². The smallest absolute Gasteiger partial charge is 0.274 e. The zero-order valence-electron chi connectivity index (χ0n) is 19.1. The summed E-state index contributed by atoms with van der Waals surface area (Å²) in [6, 6.07) is 0.907. The first-order valence-electron chi connectivity index (χ1n) is 11.4. The molecule has 1 unspecified atom stereocenters. The Bertz CT molecular complexity index is 879. The summed E-state index contributed by atoms with van der Waals surface area (Å²) in [5, 5.41) is 9.66. The van der Waals surface area contributed by atoms with Crippen LogP contribution in [0.1, 0.15) is 74.5 Å². The summed E-state index contributed by atoms with van der Waals surface area (Å²) in [5.74, 6) is 0.336. The molecule has 0 spiro atoms. The van der Waals surface area contributed by atoms with Crippen molar-refractivity contribution in [2.45, 2.75) is 64.3 Å². The molecule has 1 aliphatic heterocycles. The van der Waals surface area contributed by atoms with Crippen LogP contribution < -0.4 is 10.6 Å². The fourth-order valence-electron chi connectivity index (χ4n) is 3.99. The summed E-state index contributed by atoms with van der Waals surface area (Å²) < 4.78 is 5.30. The monoisotopic (exact) mass is 443 g/mol. The summed E-state index contributed by atoms with van der Waals surface area (Å²) in [7, 11) is 1.64. The number of nitrogens with one attached hydrogen (secondary N) is 2. The molecular formula is C23H33N5O4. The van der Waals surface area contributed by atoms with Gasteiger partial charge in [0.25, 0.3) is 5.91 Å². The SMILES string of the molecule is CC/C=C(\C=NC)NC(=O)C(NC(=O)c1cc(C2CC2)on1)C1CCN(C(=O)CC)CC1. The van der Waals surface area contributed by atoms with Gasteiger partial charge in [-0.3, -0.25) is 19.4 Å². The van der Waals surface area contributed by atoms with Gasteiger partial charge in [-0.05, 0) is 38.0 Å². The molecule has 3 rings (SSSR count). The van der Waals surface area contributed by atoms with Crippen molar-refractivity contribution in [2.75, 3.05) is 20.1 Å². The highest BCUT2D eigenvalue weighted by Gasteiger charge is 2.35. The molecule has 9 heteroatoms. The van der Waals surface area contributed by atoms with E-state index < -0.39 is 11.9 Å². The third-order valence-electron chi connectivity index (χ3n) is 5.94. The number of carbonyl (C=O) groups excluding carboxylic acids is 3. The molecule has 0 bridgehead atoms. The van der Waals surface area contributed by atoms with Crippen molar-refractivity contribution in [3.63, 3.8) is 0 Å². The maximum Gasteiger partial charge on any atom is 0.274 e. The lowest BCUT2D eigenvalue weighted by molar-refractivity contribution is -0.132. The topological polar surface area (TPSA) is 117 Å². The fourth-order valence-corrected chi connectivity index (χ4v) is 3.99. The molecule has 1 aromatic heterocycles. The van der Waals surface area contributed by atoms with E-state index in [1.54, 1.807) is 19.3 Å². The first kappa shape index (κ1) is 23.7. The third kappa shape index (κ3) is 6.05. The second-order valence-electron chi connectivity index (χ2n) is 8.36. The maximum absolute atomic E-state index is 13.2. The van der Waals surface area contributed by atoms with Crippen LogP contribution in [0.5, 0.6) is 0 Å². The van der Waals surface area contributed by atoms with E-state index in [-0.39, 0.29) is 23.4 Å². The standard InChI is InChI=1S/C23H33N5O4/c1-4-6-17(14-24-3)25-23(31)21(16-9-11-28(12-10-16)20(29)5-2)26-22(30)18-13-19(32-27-18)15-7-8-15/h6,13-16,21H,4-5,7-12H2,1-3H3,(H,25,31)(H,26,30)/b17-6+,24-14?. The number of allylic oxidation sites excluding steroid dienone is 2. The summed E-state index contributed by atoms with van der Waals surface area (Å²) in [6.07, 6.45) is 8.00. The summed E-state index contributed by atoms with van der Waals surface area (Å²) in [6.45, 7) is 4.95. The first-order chi connectivity index (χ1) is 15.5. The van der Waals surface area contributed by atoms with Crippen LogP contribution in [-0.2, 0) is 9.59 Å². The van der Waals surface area contributed by atoms with Crippen molar-refractivity contribution in [1.29, 1.82) is 0 Å². The highest BCUT2D eigenvalue weighted by Crippen LogP contribution is 2.40. The molecule has 2 heterocycles. The molecule has 0 aromatic carbocycles. The van der Waals surface area contributed by atoms with Gasteiger partial charge in [-0.2, -0.15) is 0 Å². The number of carbonyl (C=O) groups is 3. The Morgan fingerprint density at radius 1 is 1.25 bits per heavy atom. The molecule has 1 aliphatic carbocycles. The Kier molecular flexibility index (Phi) is 8.19. The van der Waals surface area contributed by atoms with Gasteiger partial charge in [-0.25, -0.2) is 0 Å². The number of piperidine rings is 1. The second-order valence-corrected chi connectivity index (χ2v) is 8.36. The molecule has 1 saturated carbocycles. The maximum atomic E-state index is 13.2. The molecular weight excluding hydrogens is 410 g/mol. The molecule has 1 atom stereocenters. The van der Waals surface area contributed by atoms with Crippen molar-refractivity contribution in [1.82, 2.24) is 20.7 Å². The van der Waals surface area contributed by atoms with Crippen LogP contribution in [0.4, 0.5) is 0 Å². The number of aromatic nitrogens is 1. The van der Waals surface area contributed by atoms with Gasteiger partial charge in [0.1, 0.15) is 11.8 Å². The third-order valence-corrected chi connectivity index (χ3v) is 5.94. The van der Waals surface area contributed by atoms with Gasteiger partial charge in [0.2, 0.25) is 11.8 Å². The van der Waals surface area contributed by atoms with E-state index in [2.05, 4.69) is 20.8 Å². The number of rotatable bonds is 9. The predicted octanol–water partition coefficient (Wildman–Crippen LogP) is 2.41. The van der Waals surface area contributed by atoms with Crippen LogP contribution >= 0.6 is 0 Å².